The van der Waals surface area contributed by atoms with Crippen LogP contribution in [0.1, 0.15) is 41.0 Å². The molecule has 0 aromatic rings. The standard InChI is InChI=1S/C18H37NO4Si/c1-9-20-14(3)21-11-10-13(2)16(19)17-15(23-17)12-22-24(7,8)18(4,5)6/h14-17H,2,9-12,19H2,1,3-8H3/t14?,15-,16+,17+/m0/s1. The molecule has 2 N–H and O–H groups in total. The van der Waals surface area contributed by atoms with Crippen molar-refractivity contribution < 1.29 is 18.6 Å². The molecule has 1 fully saturated rings. The molecule has 4 atom stereocenters. The fraction of sp³-hybridized carbons (Fsp3) is 0.889. The lowest BCUT2D eigenvalue weighted by molar-refractivity contribution is -0.126. The van der Waals surface area contributed by atoms with Crippen molar-refractivity contribution in [2.75, 3.05) is 19.8 Å². The van der Waals surface area contributed by atoms with Gasteiger partial charge in [-0.1, -0.05) is 32.9 Å². The Morgan fingerprint density at radius 1 is 1.29 bits per heavy atom. The second kappa shape index (κ2) is 8.92. The summed E-state index contributed by atoms with van der Waals surface area (Å²) in [7, 11) is -1.74. The first-order chi connectivity index (χ1) is 11.0. The minimum atomic E-state index is -1.74. The minimum absolute atomic E-state index is 0.0200. The Hall–Kier alpha value is -0.243. The summed E-state index contributed by atoms with van der Waals surface area (Å²) in [5, 5.41) is 0.206. The molecule has 0 spiro atoms. The van der Waals surface area contributed by atoms with Gasteiger partial charge in [0.1, 0.15) is 12.2 Å². The van der Waals surface area contributed by atoms with Crippen LogP contribution in [0.25, 0.3) is 0 Å². The summed E-state index contributed by atoms with van der Waals surface area (Å²) in [6.45, 7) is 21.0. The Balaban J connectivity index is 2.28. The molecule has 0 bridgehead atoms. The van der Waals surface area contributed by atoms with E-state index < -0.39 is 8.32 Å². The van der Waals surface area contributed by atoms with Gasteiger partial charge in [0.25, 0.3) is 0 Å². The molecule has 0 aromatic carbocycles. The molecule has 1 aliphatic heterocycles. The number of rotatable bonds is 11. The lowest BCUT2D eigenvalue weighted by atomic mass is 10.0. The highest BCUT2D eigenvalue weighted by molar-refractivity contribution is 6.74. The summed E-state index contributed by atoms with van der Waals surface area (Å²) in [5.74, 6) is 0. The Morgan fingerprint density at radius 3 is 2.46 bits per heavy atom. The lowest BCUT2D eigenvalue weighted by Gasteiger charge is -2.36. The first-order valence-corrected chi connectivity index (χ1v) is 11.9. The molecule has 5 nitrogen and oxygen atoms in total. The van der Waals surface area contributed by atoms with Crippen LogP contribution in [0.3, 0.4) is 0 Å². The molecular formula is C18H37NO4Si. The maximum Gasteiger partial charge on any atom is 0.192 e. The second-order valence-electron chi connectivity index (χ2n) is 8.04. The third-order valence-corrected chi connectivity index (χ3v) is 9.54. The van der Waals surface area contributed by atoms with Crippen LogP contribution in [0, 0.1) is 0 Å². The monoisotopic (exact) mass is 359 g/mol. The molecule has 1 heterocycles. The van der Waals surface area contributed by atoms with Crippen molar-refractivity contribution in [1.82, 2.24) is 0 Å². The Kier molecular flexibility index (Phi) is 8.10. The average Bonchev–Trinajstić information content (AvgIpc) is 3.23. The molecule has 1 aliphatic rings. The van der Waals surface area contributed by atoms with Gasteiger partial charge >= 0.3 is 0 Å². The Bertz CT molecular complexity index is 408. The maximum atomic E-state index is 6.26. The van der Waals surface area contributed by atoms with E-state index in [-0.39, 0.29) is 29.6 Å². The van der Waals surface area contributed by atoms with Gasteiger partial charge in [0.05, 0.1) is 19.3 Å². The van der Waals surface area contributed by atoms with Crippen molar-refractivity contribution >= 4 is 8.32 Å². The van der Waals surface area contributed by atoms with Crippen molar-refractivity contribution in [3.8, 4) is 0 Å². The minimum Gasteiger partial charge on any atom is -0.414 e. The SMILES string of the molecule is C=C(CCOC(C)OCC)[C@@H](N)[C@@H]1O[C@H]1CO[Si](C)(C)C(C)(C)C. The summed E-state index contributed by atoms with van der Waals surface area (Å²) in [5.41, 5.74) is 7.21. The van der Waals surface area contributed by atoms with Gasteiger partial charge in [0, 0.05) is 6.61 Å². The van der Waals surface area contributed by atoms with Gasteiger partial charge in [-0.3, -0.25) is 0 Å². The van der Waals surface area contributed by atoms with Crippen LogP contribution in [0.4, 0.5) is 0 Å². The van der Waals surface area contributed by atoms with Gasteiger partial charge in [-0.15, -0.1) is 0 Å². The third kappa shape index (κ3) is 6.58. The van der Waals surface area contributed by atoms with Gasteiger partial charge in [-0.2, -0.15) is 0 Å². The molecule has 1 unspecified atom stereocenters. The van der Waals surface area contributed by atoms with Crippen LogP contribution in [0.2, 0.25) is 18.1 Å². The van der Waals surface area contributed by atoms with E-state index in [9.17, 15) is 0 Å². The van der Waals surface area contributed by atoms with Crippen molar-refractivity contribution in [3.05, 3.63) is 12.2 Å². The number of hydrogen-bond donors (Lipinski definition) is 1. The van der Waals surface area contributed by atoms with Crippen LogP contribution in [-0.2, 0) is 18.6 Å². The second-order valence-corrected chi connectivity index (χ2v) is 12.8. The number of ether oxygens (including phenoxy) is 3. The molecular weight excluding hydrogens is 322 g/mol. The molecule has 0 aromatic heterocycles. The van der Waals surface area contributed by atoms with Crippen molar-refractivity contribution in [2.45, 2.75) is 83.7 Å². The van der Waals surface area contributed by atoms with Crippen LogP contribution in [0.15, 0.2) is 12.2 Å². The zero-order valence-corrected chi connectivity index (χ0v) is 17.6. The summed E-state index contributed by atoms with van der Waals surface area (Å²) >= 11 is 0. The quantitative estimate of drug-likeness (QED) is 0.265. The molecule has 6 heteroatoms. The highest BCUT2D eigenvalue weighted by Crippen LogP contribution is 2.38. The van der Waals surface area contributed by atoms with Crippen molar-refractivity contribution in [2.24, 2.45) is 5.73 Å². The molecule has 1 saturated heterocycles. The van der Waals surface area contributed by atoms with Crippen molar-refractivity contribution in [1.29, 1.82) is 0 Å². The smallest absolute Gasteiger partial charge is 0.192 e. The van der Waals surface area contributed by atoms with Gasteiger partial charge in [-0.25, -0.2) is 0 Å². The largest absolute Gasteiger partial charge is 0.414 e. The van der Waals surface area contributed by atoms with E-state index in [1.54, 1.807) is 0 Å². The Labute approximate surface area is 149 Å². The van der Waals surface area contributed by atoms with Gasteiger partial charge in [0.2, 0.25) is 0 Å². The topological polar surface area (TPSA) is 66.2 Å². The molecule has 24 heavy (non-hydrogen) atoms. The highest BCUT2D eigenvalue weighted by Gasteiger charge is 2.46. The average molecular weight is 360 g/mol. The zero-order chi connectivity index (χ0) is 18.5. The summed E-state index contributed by atoms with van der Waals surface area (Å²) in [4.78, 5) is 0. The molecule has 142 valence electrons. The van der Waals surface area contributed by atoms with E-state index in [2.05, 4.69) is 40.4 Å². The van der Waals surface area contributed by atoms with E-state index >= 15 is 0 Å². The van der Waals surface area contributed by atoms with Crippen LogP contribution in [0.5, 0.6) is 0 Å². The van der Waals surface area contributed by atoms with E-state index in [0.717, 1.165) is 5.57 Å². The molecule has 0 saturated carbocycles. The van der Waals surface area contributed by atoms with Crippen LogP contribution >= 0.6 is 0 Å². The van der Waals surface area contributed by atoms with E-state index in [0.29, 0.717) is 26.2 Å². The molecule has 1 rings (SSSR count). The number of nitrogens with two attached hydrogens (primary N) is 1. The third-order valence-electron chi connectivity index (χ3n) is 5.04. The maximum absolute atomic E-state index is 6.26. The normalized spacial score (nSPS) is 23.8. The van der Waals surface area contributed by atoms with Crippen LogP contribution in [-0.4, -0.2) is 52.7 Å². The number of epoxide rings is 1. The molecule has 0 aliphatic carbocycles. The summed E-state index contributed by atoms with van der Waals surface area (Å²) in [6.07, 6.45) is 0.636. The van der Waals surface area contributed by atoms with Crippen molar-refractivity contribution in [3.63, 3.8) is 0 Å². The first kappa shape index (κ1) is 21.8. The van der Waals surface area contributed by atoms with E-state index in [1.807, 2.05) is 13.8 Å². The van der Waals surface area contributed by atoms with Gasteiger partial charge in [-0.05, 0) is 38.4 Å². The van der Waals surface area contributed by atoms with E-state index in [4.69, 9.17) is 24.4 Å². The summed E-state index contributed by atoms with van der Waals surface area (Å²) in [6, 6.07) is -0.163. The first-order valence-electron chi connectivity index (χ1n) is 8.95. The number of hydrogen-bond acceptors (Lipinski definition) is 5. The fourth-order valence-electron chi connectivity index (χ4n) is 2.15. The highest BCUT2D eigenvalue weighted by atomic mass is 28.4. The summed E-state index contributed by atoms with van der Waals surface area (Å²) < 4.78 is 22.8. The van der Waals surface area contributed by atoms with E-state index in [1.165, 1.54) is 0 Å². The zero-order valence-electron chi connectivity index (χ0n) is 16.6. The molecule has 0 amide bonds. The van der Waals surface area contributed by atoms with Gasteiger partial charge < -0.3 is 24.4 Å². The predicted octanol–water partition coefficient (Wildman–Crippen LogP) is 3.45. The fourth-order valence-corrected chi connectivity index (χ4v) is 3.17. The molecule has 0 radical (unpaired) electrons. The predicted molar refractivity (Wildman–Crippen MR) is 101 cm³/mol. The Morgan fingerprint density at radius 2 is 1.92 bits per heavy atom. The van der Waals surface area contributed by atoms with Crippen LogP contribution < -0.4 is 5.73 Å². The van der Waals surface area contributed by atoms with Gasteiger partial charge in [0.15, 0.2) is 14.6 Å². The lowest BCUT2D eigenvalue weighted by Crippen LogP contribution is -2.42.